The summed E-state index contributed by atoms with van der Waals surface area (Å²) >= 11 is 0. The van der Waals surface area contributed by atoms with E-state index in [2.05, 4.69) is 15.2 Å². The third kappa shape index (κ3) is 5.12. The van der Waals surface area contributed by atoms with Crippen LogP contribution in [0, 0.1) is 5.92 Å². The van der Waals surface area contributed by atoms with Crippen molar-refractivity contribution in [3.05, 3.63) is 42.6 Å². The zero-order chi connectivity index (χ0) is 20.3. The van der Waals surface area contributed by atoms with E-state index in [1.807, 2.05) is 36.4 Å². The number of carbonyl (C=O) groups is 1. The molecule has 29 heavy (non-hydrogen) atoms. The predicted molar refractivity (Wildman–Crippen MR) is 112 cm³/mol. The van der Waals surface area contributed by atoms with Crippen LogP contribution in [0.4, 0.5) is 5.95 Å². The number of hydrogen-bond donors (Lipinski definition) is 1. The molecule has 1 unspecified atom stereocenters. The second kappa shape index (κ2) is 8.49. The highest BCUT2D eigenvalue weighted by Crippen LogP contribution is 2.23. The second-order valence-electron chi connectivity index (χ2n) is 7.91. The molecule has 0 radical (unpaired) electrons. The maximum atomic E-state index is 12.4. The van der Waals surface area contributed by atoms with Gasteiger partial charge in [-0.2, -0.15) is 0 Å². The van der Waals surface area contributed by atoms with E-state index in [4.69, 9.17) is 4.98 Å². The van der Waals surface area contributed by atoms with Crippen molar-refractivity contribution in [1.29, 1.82) is 0 Å². The van der Waals surface area contributed by atoms with E-state index in [0.717, 1.165) is 24.2 Å². The number of hydrogen-bond acceptors (Lipinski definition) is 6. The van der Waals surface area contributed by atoms with Gasteiger partial charge in [0.05, 0.1) is 17.2 Å². The fourth-order valence-corrected chi connectivity index (χ4v) is 5.61. The van der Waals surface area contributed by atoms with Gasteiger partial charge in [-0.15, -0.1) is 0 Å². The molecular formula is C21H26N4O3S. The minimum absolute atomic E-state index is 0.0140. The zero-order valence-electron chi connectivity index (χ0n) is 16.3. The lowest BCUT2D eigenvalue weighted by atomic mass is 9.98. The normalized spacial score (nSPS) is 21.8. The molecule has 4 rings (SSSR count). The first-order valence-electron chi connectivity index (χ1n) is 10.1. The third-order valence-electron chi connectivity index (χ3n) is 5.70. The van der Waals surface area contributed by atoms with Crippen LogP contribution in [-0.2, 0) is 14.6 Å². The molecule has 0 bridgehead atoms. The summed E-state index contributed by atoms with van der Waals surface area (Å²) in [4.78, 5) is 23.6. The van der Waals surface area contributed by atoms with Gasteiger partial charge in [0.2, 0.25) is 11.9 Å². The average molecular weight is 415 g/mol. The maximum Gasteiger partial charge on any atom is 0.225 e. The standard InChI is InChI=1S/C21H26N4O3S/c26-20(14-16-8-12-29(27,28)13-9-16)23-18-7-11-25(15-18)21-22-10-6-19(24-21)17-4-2-1-3-5-17/h1-6,10,16,18H,7-9,11-15H2,(H,23,26). The summed E-state index contributed by atoms with van der Waals surface area (Å²) in [5.74, 6) is 1.27. The van der Waals surface area contributed by atoms with Crippen LogP contribution in [0.2, 0.25) is 0 Å². The molecule has 3 heterocycles. The number of carbonyl (C=O) groups excluding carboxylic acids is 1. The summed E-state index contributed by atoms with van der Waals surface area (Å²) in [5, 5.41) is 3.11. The van der Waals surface area contributed by atoms with E-state index >= 15 is 0 Å². The van der Waals surface area contributed by atoms with Crippen molar-refractivity contribution in [2.45, 2.75) is 31.7 Å². The highest BCUT2D eigenvalue weighted by molar-refractivity contribution is 7.91. The number of sulfone groups is 1. The summed E-state index contributed by atoms with van der Waals surface area (Å²) in [6, 6.07) is 12.0. The van der Waals surface area contributed by atoms with Gasteiger partial charge in [-0.05, 0) is 31.2 Å². The Labute approximate surface area is 171 Å². The average Bonchev–Trinajstić information content (AvgIpc) is 3.19. The van der Waals surface area contributed by atoms with E-state index in [1.165, 1.54) is 0 Å². The quantitative estimate of drug-likeness (QED) is 0.805. The SMILES string of the molecule is O=C(CC1CCS(=O)(=O)CC1)NC1CCN(c2nccc(-c3ccccc3)n2)C1. The maximum absolute atomic E-state index is 12.4. The molecule has 0 spiro atoms. The third-order valence-corrected chi connectivity index (χ3v) is 7.41. The Morgan fingerprint density at radius 3 is 2.62 bits per heavy atom. The molecular weight excluding hydrogens is 388 g/mol. The fraction of sp³-hybridized carbons (Fsp3) is 0.476. The van der Waals surface area contributed by atoms with Crippen molar-refractivity contribution in [2.75, 3.05) is 29.5 Å². The molecule has 1 atom stereocenters. The molecule has 2 aliphatic rings. The first-order valence-corrected chi connectivity index (χ1v) is 11.9. The summed E-state index contributed by atoms with van der Waals surface area (Å²) in [6.45, 7) is 1.48. The van der Waals surface area contributed by atoms with Gasteiger partial charge in [-0.1, -0.05) is 30.3 Å². The molecule has 8 heteroatoms. The summed E-state index contributed by atoms with van der Waals surface area (Å²) in [7, 11) is -2.89. The lowest BCUT2D eigenvalue weighted by molar-refractivity contribution is -0.122. The topological polar surface area (TPSA) is 92.3 Å². The number of benzene rings is 1. The number of amides is 1. The number of anilines is 1. The van der Waals surface area contributed by atoms with Crippen LogP contribution in [0.15, 0.2) is 42.6 Å². The van der Waals surface area contributed by atoms with Gasteiger partial charge in [-0.3, -0.25) is 4.79 Å². The van der Waals surface area contributed by atoms with Crippen LogP contribution in [0.3, 0.4) is 0 Å². The molecule has 0 saturated carbocycles. The highest BCUT2D eigenvalue weighted by Gasteiger charge is 2.28. The smallest absolute Gasteiger partial charge is 0.225 e. The van der Waals surface area contributed by atoms with Crippen LogP contribution in [-0.4, -0.2) is 54.9 Å². The second-order valence-corrected chi connectivity index (χ2v) is 10.2. The Balaban J connectivity index is 1.31. The van der Waals surface area contributed by atoms with E-state index in [9.17, 15) is 13.2 Å². The van der Waals surface area contributed by atoms with Crippen molar-refractivity contribution in [1.82, 2.24) is 15.3 Å². The van der Waals surface area contributed by atoms with Crippen molar-refractivity contribution < 1.29 is 13.2 Å². The molecule has 1 N–H and O–H groups in total. The van der Waals surface area contributed by atoms with Crippen molar-refractivity contribution in [3.63, 3.8) is 0 Å². The lowest BCUT2D eigenvalue weighted by Crippen LogP contribution is -2.38. The molecule has 1 aromatic carbocycles. The molecule has 2 saturated heterocycles. The first-order chi connectivity index (χ1) is 14.0. The number of aromatic nitrogens is 2. The van der Waals surface area contributed by atoms with Crippen molar-refractivity contribution >= 4 is 21.7 Å². The summed E-state index contributed by atoms with van der Waals surface area (Å²) in [6.07, 6.45) is 4.21. The Morgan fingerprint density at radius 2 is 1.86 bits per heavy atom. The van der Waals surface area contributed by atoms with Crippen LogP contribution in [0.25, 0.3) is 11.3 Å². The Morgan fingerprint density at radius 1 is 1.10 bits per heavy atom. The molecule has 7 nitrogen and oxygen atoms in total. The summed E-state index contributed by atoms with van der Waals surface area (Å²) in [5.41, 5.74) is 1.94. The van der Waals surface area contributed by atoms with Gasteiger partial charge in [0, 0.05) is 37.3 Å². The summed E-state index contributed by atoms with van der Waals surface area (Å²) < 4.78 is 23.1. The molecule has 1 amide bonds. The molecule has 2 fully saturated rings. The van der Waals surface area contributed by atoms with Crippen LogP contribution in [0.1, 0.15) is 25.7 Å². The van der Waals surface area contributed by atoms with Gasteiger partial charge in [0.15, 0.2) is 0 Å². The van der Waals surface area contributed by atoms with Gasteiger partial charge < -0.3 is 10.2 Å². The first kappa shape index (κ1) is 19.8. The Kier molecular flexibility index (Phi) is 5.80. The molecule has 2 aromatic rings. The molecule has 1 aromatic heterocycles. The lowest BCUT2D eigenvalue weighted by Gasteiger charge is -2.22. The molecule has 2 aliphatic heterocycles. The van der Waals surface area contributed by atoms with Gasteiger partial charge in [-0.25, -0.2) is 18.4 Å². The number of nitrogens with one attached hydrogen (secondary N) is 1. The van der Waals surface area contributed by atoms with E-state index in [1.54, 1.807) is 6.20 Å². The number of rotatable bonds is 5. The number of nitrogens with zero attached hydrogens (tertiary/aromatic N) is 3. The Bertz CT molecular complexity index is 951. The molecule has 154 valence electrons. The zero-order valence-corrected chi connectivity index (χ0v) is 17.1. The van der Waals surface area contributed by atoms with Crippen LogP contribution < -0.4 is 10.2 Å². The Hall–Kier alpha value is -2.48. The van der Waals surface area contributed by atoms with Gasteiger partial charge >= 0.3 is 0 Å². The monoisotopic (exact) mass is 414 g/mol. The predicted octanol–water partition coefficient (Wildman–Crippen LogP) is 2.05. The largest absolute Gasteiger partial charge is 0.352 e. The van der Waals surface area contributed by atoms with Gasteiger partial charge in [0.25, 0.3) is 0 Å². The van der Waals surface area contributed by atoms with E-state index in [-0.39, 0.29) is 29.4 Å². The van der Waals surface area contributed by atoms with Crippen molar-refractivity contribution in [2.24, 2.45) is 5.92 Å². The van der Waals surface area contributed by atoms with E-state index < -0.39 is 9.84 Å². The minimum Gasteiger partial charge on any atom is -0.352 e. The van der Waals surface area contributed by atoms with Crippen LogP contribution in [0.5, 0.6) is 0 Å². The van der Waals surface area contributed by atoms with Gasteiger partial charge in [0.1, 0.15) is 9.84 Å². The fourth-order valence-electron chi connectivity index (χ4n) is 4.02. The van der Waals surface area contributed by atoms with Crippen LogP contribution >= 0.6 is 0 Å². The highest BCUT2D eigenvalue weighted by atomic mass is 32.2. The minimum atomic E-state index is -2.89. The molecule has 0 aliphatic carbocycles. The van der Waals surface area contributed by atoms with Crippen molar-refractivity contribution in [3.8, 4) is 11.3 Å². The van der Waals surface area contributed by atoms with E-state index in [0.29, 0.717) is 31.8 Å².